The number of hydrogen-bond donors (Lipinski definition) is 1. The Labute approximate surface area is 119 Å². The van der Waals surface area contributed by atoms with Gasteiger partial charge < -0.3 is 5.32 Å². The first-order chi connectivity index (χ1) is 8.78. The third kappa shape index (κ3) is 6.77. The van der Waals surface area contributed by atoms with Crippen LogP contribution in [0.5, 0.6) is 0 Å². The van der Waals surface area contributed by atoms with Crippen molar-refractivity contribution in [2.75, 3.05) is 13.1 Å². The van der Waals surface area contributed by atoms with Gasteiger partial charge >= 0.3 is 0 Å². The van der Waals surface area contributed by atoms with E-state index in [9.17, 15) is 0 Å². The summed E-state index contributed by atoms with van der Waals surface area (Å²) in [7, 11) is 0. The van der Waals surface area contributed by atoms with Gasteiger partial charge in [0.2, 0.25) is 0 Å². The predicted molar refractivity (Wildman–Crippen MR) is 85.7 cm³/mol. The fourth-order valence-electron chi connectivity index (χ4n) is 2.63. The highest BCUT2D eigenvalue weighted by Crippen LogP contribution is 2.26. The maximum atomic E-state index is 3.55. The van der Waals surface area contributed by atoms with Crippen molar-refractivity contribution in [1.29, 1.82) is 0 Å². The fourth-order valence-corrected chi connectivity index (χ4v) is 2.63. The van der Waals surface area contributed by atoms with E-state index in [1.54, 1.807) is 0 Å². The first-order valence-corrected chi connectivity index (χ1v) is 7.56. The summed E-state index contributed by atoms with van der Waals surface area (Å²) in [4.78, 5) is 0. The molecule has 1 nitrogen and oxygen atoms in total. The van der Waals surface area contributed by atoms with Crippen molar-refractivity contribution >= 4 is 0 Å². The van der Waals surface area contributed by atoms with Crippen molar-refractivity contribution in [3.63, 3.8) is 0 Å². The molecule has 0 aliphatic rings. The lowest BCUT2D eigenvalue weighted by molar-refractivity contribution is 0.322. The van der Waals surface area contributed by atoms with Crippen LogP contribution in [0.15, 0.2) is 18.2 Å². The second kappa shape index (κ2) is 7.09. The average molecular weight is 261 g/mol. The summed E-state index contributed by atoms with van der Waals surface area (Å²) in [6, 6.07) is 6.91. The highest BCUT2D eigenvalue weighted by Gasteiger charge is 2.18. The molecule has 1 heteroatoms. The Hall–Kier alpha value is -0.820. The average Bonchev–Trinajstić information content (AvgIpc) is 2.22. The minimum atomic E-state index is 0.365. The summed E-state index contributed by atoms with van der Waals surface area (Å²) in [6.45, 7) is 15.9. The number of hydrogen-bond acceptors (Lipinski definition) is 1. The largest absolute Gasteiger partial charge is 0.316 e. The van der Waals surface area contributed by atoms with Gasteiger partial charge in [0.05, 0.1) is 0 Å². The molecule has 0 amide bonds. The molecule has 1 aromatic rings. The van der Waals surface area contributed by atoms with E-state index in [0.29, 0.717) is 5.41 Å². The van der Waals surface area contributed by atoms with Crippen molar-refractivity contribution in [2.24, 2.45) is 11.3 Å². The molecule has 0 radical (unpaired) electrons. The van der Waals surface area contributed by atoms with E-state index < -0.39 is 0 Å². The van der Waals surface area contributed by atoms with Gasteiger partial charge in [0.15, 0.2) is 0 Å². The topological polar surface area (TPSA) is 12.0 Å². The summed E-state index contributed by atoms with van der Waals surface area (Å²) >= 11 is 0. The SMILES string of the molecule is Cc1cc(C)cc(CC(C)(C)CCNCC(C)C)c1. The van der Waals surface area contributed by atoms with Crippen molar-refractivity contribution in [3.05, 3.63) is 34.9 Å². The molecule has 0 atom stereocenters. The molecule has 0 spiro atoms. The lowest BCUT2D eigenvalue weighted by Crippen LogP contribution is -2.26. The Morgan fingerprint density at radius 1 is 1.05 bits per heavy atom. The minimum Gasteiger partial charge on any atom is -0.316 e. The third-order valence-corrected chi connectivity index (χ3v) is 3.50. The maximum absolute atomic E-state index is 3.55. The maximum Gasteiger partial charge on any atom is -0.00258 e. The number of benzene rings is 1. The molecule has 1 aromatic carbocycles. The monoisotopic (exact) mass is 261 g/mol. The van der Waals surface area contributed by atoms with Crippen molar-refractivity contribution in [1.82, 2.24) is 5.32 Å². The summed E-state index contributed by atoms with van der Waals surface area (Å²) in [5, 5.41) is 3.55. The zero-order valence-electron chi connectivity index (χ0n) is 13.6. The molecular weight excluding hydrogens is 230 g/mol. The van der Waals surface area contributed by atoms with Crippen LogP contribution in [0, 0.1) is 25.2 Å². The highest BCUT2D eigenvalue weighted by molar-refractivity contribution is 5.29. The van der Waals surface area contributed by atoms with Gasteiger partial charge in [-0.25, -0.2) is 0 Å². The van der Waals surface area contributed by atoms with Crippen molar-refractivity contribution in [2.45, 2.75) is 54.4 Å². The lowest BCUT2D eigenvalue weighted by Gasteiger charge is -2.25. The van der Waals surface area contributed by atoms with Gasteiger partial charge in [-0.15, -0.1) is 0 Å². The number of rotatable bonds is 7. The van der Waals surface area contributed by atoms with Crippen LogP contribution in [0.1, 0.15) is 50.8 Å². The van der Waals surface area contributed by atoms with E-state index in [1.165, 1.54) is 29.5 Å². The van der Waals surface area contributed by atoms with Crippen LogP contribution in [0.2, 0.25) is 0 Å². The van der Waals surface area contributed by atoms with Crippen LogP contribution < -0.4 is 5.32 Å². The van der Waals surface area contributed by atoms with E-state index in [4.69, 9.17) is 0 Å². The molecule has 0 unspecified atom stereocenters. The molecule has 0 heterocycles. The Bertz CT molecular complexity index is 370. The standard InChI is InChI=1S/C18H31N/c1-14(2)13-19-8-7-18(5,6)12-17-10-15(3)9-16(4)11-17/h9-11,14,19H,7-8,12-13H2,1-6H3. The molecule has 0 saturated heterocycles. The molecule has 108 valence electrons. The van der Waals surface area contributed by atoms with Crippen LogP contribution in [0.25, 0.3) is 0 Å². The van der Waals surface area contributed by atoms with Gasteiger partial charge in [-0.3, -0.25) is 0 Å². The van der Waals surface area contributed by atoms with Crippen LogP contribution in [-0.4, -0.2) is 13.1 Å². The zero-order chi connectivity index (χ0) is 14.5. The van der Waals surface area contributed by atoms with E-state index >= 15 is 0 Å². The van der Waals surface area contributed by atoms with Gasteiger partial charge in [0.1, 0.15) is 0 Å². The van der Waals surface area contributed by atoms with E-state index in [-0.39, 0.29) is 0 Å². The molecule has 0 aliphatic carbocycles. The van der Waals surface area contributed by atoms with Crippen LogP contribution in [0.4, 0.5) is 0 Å². The van der Waals surface area contributed by atoms with Crippen molar-refractivity contribution in [3.8, 4) is 0 Å². The smallest absolute Gasteiger partial charge is 0.00258 e. The predicted octanol–water partition coefficient (Wildman–Crippen LogP) is 4.51. The second-order valence-corrected chi connectivity index (χ2v) is 7.18. The Balaban J connectivity index is 2.49. The van der Waals surface area contributed by atoms with Gasteiger partial charge in [0.25, 0.3) is 0 Å². The minimum absolute atomic E-state index is 0.365. The molecular formula is C18H31N. The van der Waals surface area contributed by atoms with Gasteiger partial charge in [-0.05, 0) is 56.7 Å². The molecule has 0 saturated carbocycles. The van der Waals surface area contributed by atoms with Crippen LogP contribution in [0.3, 0.4) is 0 Å². The Morgan fingerprint density at radius 2 is 1.63 bits per heavy atom. The lowest BCUT2D eigenvalue weighted by atomic mass is 9.82. The van der Waals surface area contributed by atoms with Crippen LogP contribution >= 0.6 is 0 Å². The summed E-state index contributed by atoms with van der Waals surface area (Å²) < 4.78 is 0. The molecule has 0 aliphatic heterocycles. The quantitative estimate of drug-likeness (QED) is 0.712. The third-order valence-electron chi connectivity index (χ3n) is 3.50. The second-order valence-electron chi connectivity index (χ2n) is 7.18. The first kappa shape index (κ1) is 16.2. The molecule has 0 bridgehead atoms. The molecule has 19 heavy (non-hydrogen) atoms. The molecule has 1 N–H and O–H groups in total. The summed E-state index contributed by atoms with van der Waals surface area (Å²) in [6.07, 6.45) is 2.39. The zero-order valence-corrected chi connectivity index (χ0v) is 13.6. The van der Waals surface area contributed by atoms with Crippen LogP contribution in [-0.2, 0) is 6.42 Å². The van der Waals surface area contributed by atoms with E-state index in [1.807, 2.05) is 0 Å². The number of aryl methyl sites for hydroxylation is 2. The summed E-state index contributed by atoms with van der Waals surface area (Å²) in [5.41, 5.74) is 4.60. The Kier molecular flexibility index (Phi) is 6.06. The summed E-state index contributed by atoms with van der Waals surface area (Å²) in [5.74, 6) is 0.738. The van der Waals surface area contributed by atoms with Gasteiger partial charge in [0, 0.05) is 0 Å². The first-order valence-electron chi connectivity index (χ1n) is 7.56. The molecule has 1 rings (SSSR count). The fraction of sp³-hybridized carbons (Fsp3) is 0.667. The normalized spacial score (nSPS) is 12.2. The highest BCUT2D eigenvalue weighted by atomic mass is 14.8. The molecule has 0 fully saturated rings. The number of nitrogens with one attached hydrogen (secondary N) is 1. The Morgan fingerprint density at radius 3 is 2.16 bits per heavy atom. The molecule has 0 aromatic heterocycles. The van der Waals surface area contributed by atoms with E-state index in [0.717, 1.165) is 19.0 Å². The van der Waals surface area contributed by atoms with Gasteiger partial charge in [-0.2, -0.15) is 0 Å². The van der Waals surface area contributed by atoms with Crippen molar-refractivity contribution < 1.29 is 0 Å². The van der Waals surface area contributed by atoms with Gasteiger partial charge in [-0.1, -0.05) is 57.0 Å². The van der Waals surface area contributed by atoms with E-state index in [2.05, 4.69) is 65.1 Å².